The number of likely N-dealkylation sites (tertiary alicyclic amines) is 1. The van der Waals surface area contributed by atoms with Gasteiger partial charge in [-0.2, -0.15) is 11.3 Å². The second-order valence-corrected chi connectivity index (χ2v) is 11.2. The van der Waals surface area contributed by atoms with Crippen LogP contribution in [-0.2, 0) is 16.1 Å². The van der Waals surface area contributed by atoms with Crippen LogP contribution in [0.15, 0.2) is 65.4 Å². The molecule has 1 fully saturated rings. The molecule has 40 heavy (non-hydrogen) atoms. The number of imidazole rings is 1. The first kappa shape index (κ1) is 28.0. The number of piperidine rings is 1. The number of benzene rings is 2. The number of para-hydroxylation sites is 2. The highest BCUT2D eigenvalue weighted by Gasteiger charge is 2.29. The van der Waals surface area contributed by atoms with E-state index in [-0.39, 0.29) is 30.7 Å². The van der Waals surface area contributed by atoms with Crippen molar-refractivity contribution in [3.63, 3.8) is 0 Å². The van der Waals surface area contributed by atoms with Crippen LogP contribution in [0.2, 0.25) is 0 Å². The standard InChI is InChI=1S/C31H37N5O3S/c1-39-16-5-15-36-28-8-3-2-7-27(28)34-30(36)24-6-4-14-35(20-24)29(37)18-26(32)19-33-31(38)23-11-9-22(10-12-23)25-13-17-40-21-25/h2-3,7-13,17,21,24,26H,4-6,14-16,18-20,32H2,1H3,(H,33,38)/t24-,26+/m1/s1. The molecule has 0 saturated carbocycles. The van der Waals surface area contributed by atoms with E-state index in [1.54, 1.807) is 18.4 Å². The van der Waals surface area contributed by atoms with Gasteiger partial charge in [-0.05, 0) is 71.5 Å². The Bertz CT molecular complexity index is 1420. The number of thiophene rings is 1. The van der Waals surface area contributed by atoms with E-state index in [1.807, 2.05) is 52.7 Å². The third-order valence-electron chi connectivity index (χ3n) is 7.52. The molecular weight excluding hydrogens is 522 g/mol. The summed E-state index contributed by atoms with van der Waals surface area (Å²) in [6.07, 6.45) is 3.00. The van der Waals surface area contributed by atoms with Crippen molar-refractivity contribution < 1.29 is 14.3 Å². The van der Waals surface area contributed by atoms with E-state index in [9.17, 15) is 9.59 Å². The molecule has 9 heteroatoms. The van der Waals surface area contributed by atoms with Gasteiger partial charge < -0.3 is 25.3 Å². The average Bonchev–Trinajstić information content (AvgIpc) is 3.65. The summed E-state index contributed by atoms with van der Waals surface area (Å²) in [5.41, 5.74) is 11.2. The van der Waals surface area contributed by atoms with E-state index >= 15 is 0 Å². The van der Waals surface area contributed by atoms with Crippen molar-refractivity contribution in [1.82, 2.24) is 19.8 Å². The van der Waals surface area contributed by atoms with Crippen molar-refractivity contribution in [2.24, 2.45) is 5.73 Å². The molecular formula is C31H37N5O3S. The number of amides is 2. The Morgan fingerprint density at radius 2 is 1.98 bits per heavy atom. The lowest BCUT2D eigenvalue weighted by molar-refractivity contribution is -0.132. The maximum Gasteiger partial charge on any atom is 0.251 e. The molecule has 1 aliphatic rings. The summed E-state index contributed by atoms with van der Waals surface area (Å²) in [7, 11) is 1.72. The van der Waals surface area contributed by atoms with Crippen molar-refractivity contribution >= 4 is 34.2 Å². The first-order valence-electron chi connectivity index (χ1n) is 13.9. The fourth-order valence-corrected chi connectivity index (χ4v) is 6.08. The number of nitrogens with one attached hydrogen (secondary N) is 1. The van der Waals surface area contributed by atoms with Gasteiger partial charge in [0, 0.05) is 63.8 Å². The number of ether oxygens (including phenoxy) is 1. The lowest BCUT2D eigenvalue weighted by Gasteiger charge is -2.33. The summed E-state index contributed by atoms with van der Waals surface area (Å²) >= 11 is 1.64. The Kier molecular flexibility index (Phi) is 9.26. The molecule has 2 amide bonds. The first-order valence-corrected chi connectivity index (χ1v) is 14.9. The van der Waals surface area contributed by atoms with Crippen LogP contribution >= 0.6 is 11.3 Å². The van der Waals surface area contributed by atoms with Crippen molar-refractivity contribution in [1.29, 1.82) is 0 Å². The molecule has 1 aliphatic heterocycles. The Morgan fingerprint density at radius 3 is 2.75 bits per heavy atom. The Hall–Kier alpha value is -3.53. The normalized spacial score (nSPS) is 16.2. The largest absolute Gasteiger partial charge is 0.385 e. The second-order valence-electron chi connectivity index (χ2n) is 10.4. The number of aryl methyl sites for hydroxylation is 1. The minimum absolute atomic E-state index is 0.0219. The number of fused-ring (bicyclic) bond motifs is 1. The summed E-state index contributed by atoms with van der Waals surface area (Å²) in [6, 6.07) is 17.3. The highest BCUT2D eigenvalue weighted by Crippen LogP contribution is 2.30. The third kappa shape index (κ3) is 6.60. The third-order valence-corrected chi connectivity index (χ3v) is 8.20. The van der Waals surface area contributed by atoms with Gasteiger partial charge in [-0.3, -0.25) is 9.59 Å². The molecule has 3 heterocycles. The van der Waals surface area contributed by atoms with Crippen LogP contribution in [0.5, 0.6) is 0 Å². The number of rotatable bonds is 11. The zero-order valence-corrected chi connectivity index (χ0v) is 23.7. The summed E-state index contributed by atoms with van der Waals surface area (Å²) in [4.78, 5) is 32.8. The molecule has 3 N–H and O–H groups in total. The SMILES string of the molecule is COCCCn1c([C@@H]2CCCN(C(=O)C[C@H](N)CNC(=O)c3ccc(-c4ccsc4)cc3)C2)nc2ccccc21. The zero-order chi connectivity index (χ0) is 27.9. The van der Waals surface area contributed by atoms with E-state index < -0.39 is 6.04 Å². The molecule has 0 bridgehead atoms. The predicted molar refractivity (Wildman–Crippen MR) is 159 cm³/mol. The molecule has 8 nitrogen and oxygen atoms in total. The molecule has 5 rings (SSSR count). The van der Waals surface area contributed by atoms with E-state index in [2.05, 4.69) is 27.4 Å². The van der Waals surface area contributed by atoms with E-state index in [0.29, 0.717) is 18.7 Å². The molecule has 2 aromatic carbocycles. The predicted octanol–water partition coefficient (Wildman–Crippen LogP) is 4.65. The van der Waals surface area contributed by atoms with Gasteiger partial charge in [0.1, 0.15) is 5.82 Å². The van der Waals surface area contributed by atoms with Gasteiger partial charge >= 0.3 is 0 Å². The maximum absolute atomic E-state index is 13.2. The number of aromatic nitrogens is 2. The lowest BCUT2D eigenvalue weighted by Crippen LogP contribution is -2.45. The fourth-order valence-electron chi connectivity index (χ4n) is 5.42. The molecule has 0 unspecified atom stereocenters. The highest BCUT2D eigenvalue weighted by atomic mass is 32.1. The molecule has 0 aliphatic carbocycles. The van der Waals surface area contributed by atoms with Gasteiger partial charge in [-0.15, -0.1) is 0 Å². The molecule has 2 atom stereocenters. The van der Waals surface area contributed by atoms with Gasteiger partial charge in [0.15, 0.2) is 0 Å². The number of carbonyl (C=O) groups excluding carboxylic acids is 2. The van der Waals surface area contributed by atoms with Crippen molar-refractivity contribution in [2.45, 2.75) is 44.2 Å². The monoisotopic (exact) mass is 559 g/mol. The van der Waals surface area contributed by atoms with Crippen molar-refractivity contribution in [2.75, 3.05) is 33.4 Å². The second kappa shape index (κ2) is 13.2. The van der Waals surface area contributed by atoms with Gasteiger partial charge in [0.05, 0.1) is 11.0 Å². The summed E-state index contributed by atoms with van der Waals surface area (Å²) in [6.45, 7) is 3.10. The van der Waals surface area contributed by atoms with Gasteiger partial charge in [0.25, 0.3) is 5.91 Å². The van der Waals surface area contributed by atoms with Crippen LogP contribution in [0.4, 0.5) is 0 Å². The summed E-state index contributed by atoms with van der Waals surface area (Å²) < 4.78 is 7.57. The number of methoxy groups -OCH3 is 1. The van der Waals surface area contributed by atoms with Crippen molar-refractivity contribution in [3.05, 3.63) is 76.7 Å². The quantitative estimate of drug-likeness (QED) is 0.260. The molecule has 0 radical (unpaired) electrons. The van der Waals surface area contributed by atoms with Crippen LogP contribution < -0.4 is 11.1 Å². The van der Waals surface area contributed by atoms with E-state index in [1.165, 1.54) is 0 Å². The minimum atomic E-state index is -0.458. The van der Waals surface area contributed by atoms with Gasteiger partial charge in [-0.25, -0.2) is 4.98 Å². The summed E-state index contributed by atoms with van der Waals surface area (Å²) in [5.74, 6) is 1.04. The van der Waals surface area contributed by atoms with Crippen LogP contribution in [0.1, 0.15) is 47.8 Å². The topological polar surface area (TPSA) is 102 Å². The first-order chi connectivity index (χ1) is 19.5. The average molecular weight is 560 g/mol. The Balaban J connectivity index is 1.16. The molecule has 0 spiro atoms. The van der Waals surface area contributed by atoms with Crippen molar-refractivity contribution in [3.8, 4) is 11.1 Å². The summed E-state index contributed by atoms with van der Waals surface area (Å²) in [5, 5.41) is 7.00. The van der Waals surface area contributed by atoms with Gasteiger partial charge in [-0.1, -0.05) is 24.3 Å². The highest BCUT2D eigenvalue weighted by molar-refractivity contribution is 7.08. The van der Waals surface area contributed by atoms with Crippen LogP contribution in [-0.4, -0.2) is 65.7 Å². The number of nitrogens with zero attached hydrogens (tertiary/aromatic N) is 3. The fraction of sp³-hybridized carbons (Fsp3) is 0.387. The molecule has 4 aromatic rings. The maximum atomic E-state index is 13.2. The molecule has 210 valence electrons. The minimum Gasteiger partial charge on any atom is -0.385 e. The number of carbonyl (C=O) groups is 2. The van der Waals surface area contributed by atoms with E-state index in [4.69, 9.17) is 15.5 Å². The smallest absolute Gasteiger partial charge is 0.251 e. The number of hydrogen-bond acceptors (Lipinski definition) is 6. The van der Waals surface area contributed by atoms with Gasteiger partial charge in [0.2, 0.25) is 5.91 Å². The molecule has 1 saturated heterocycles. The van der Waals surface area contributed by atoms with Crippen LogP contribution in [0, 0.1) is 0 Å². The van der Waals surface area contributed by atoms with E-state index in [0.717, 1.165) is 60.3 Å². The zero-order valence-electron chi connectivity index (χ0n) is 22.9. The Morgan fingerprint density at radius 1 is 1.15 bits per heavy atom. The van der Waals surface area contributed by atoms with Crippen LogP contribution in [0.3, 0.4) is 0 Å². The number of hydrogen-bond donors (Lipinski definition) is 2. The molecule has 2 aromatic heterocycles. The Labute approximate surface area is 239 Å². The van der Waals surface area contributed by atoms with Crippen LogP contribution in [0.25, 0.3) is 22.2 Å². The number of nitrogens with two attached hydrogens (primary N) is 1. The lowest BCUT2D eigenvalue weighted by atomic mass is 9.96.